The lowest BCUT2D eigenvalue weighted by atomic mass is 9.85. The standard InChI is InChI=1S/C21H16BrClN4O/c22-13-10-8-12(9-11-13)19-18-16(6-3-7-17(18)28)24-21-25-20(26-27(19)21)14-4-1-2-5-15(14)23/h1-2,4-5,8-11,19H,3,6-7H2,(H,24,25,26). The summed E-state index contributed by atoms with van der Waals surface area (Å²) in [6.45, 7) is 0. The van der Waals surface area contributed by atoms with Crippen LogP contribution in [0.4, 0.5) is 5.95 Å². The molecule has 1 unspecified atom stereocenters. The molecule has 140 valence electrons. The highest BCUT2D eigenvalue weighted by Gasteiger charge is 2.36. The summed E-state index contributed by atoms with van der Waals surface area (Å²) >= 11 is 9.84. The lowest BCUT2D eigenvalue weighted by Crippen LogP contribution is -2.31. The van der Waals surface area contributed by atoms with Crippen molar-refractivity contribution in [2.45, 2.75) is 25.3 Å². The normalized spacial score (nSPS) is 18.5. The van der Waals surface area contributed by atoms with E-state index in [4.69, 9.17) is 21.7 Å². The molecule has 2 aliphatic rings. The maximum atomic E-state index is 12.8. The molecule has 1 N–H and O–H groups in total. The molecule has 1 atom stereocenters. The molecule has 1 aliphatic heterocycles. The van der Waals surface area contributed by atoms with Gasteiger partial charge in [-0.3, -0.25) is 4.79 Å². The number of rotatable bonds is 2. The quantitative estimate of drug-likeness (QED) is 0.563. The second-order valence-electron chi connectivity index (χ2n) is 6.93. The van der Waals surface area contributed by atoms with Gasteiger partial charge in [0.15, 0.2) is 11.6 Å². The number of hydrogen-bond acceptors (Lipinski definition) is 4. The van der Waals surface area contributed by atoms with Crippen molar-refractivity contribution in [1.29, 1.82) is 0 Å². The summed E-state index contributed by atoms with van der Waals surface area (Å²) in [5, 5.41) is 8.69. The van der Waals surface area contributed by atoms with E-state index >= 15 is 0 Å². The SMILES string of the molecule is O=C1CCCC2=C1C(c1ccc(Br)cc1)n1nc(-c3ccccc3Cl)nc1N2. The van der Waals surface area contributed by atoms with Crippen LogP contribution < -0.4 is 5.32 Å². The number of ketones is 1. The van der Waals surface area contributed by atoms with Gasteiger partial charge in [0.2, 0.25) is 5.95 Å². The number of aromatic nitrogens is 3. The van der Waals surface area contributed by atoms with Gasteiger partial charge in [0.1, 0.15) is 6.04 Å². The van der Waals surface area contributed by atoms with Crippen LogP contribution in [-0.4, -0.2) is 20.5 Å². The van der Waals surface area contributed by atoms with E-state index in [1.807, 2.05) is 53.2 Å². The largest absolute Gasteiger partial charge is 0.328 e. The molecule has 0 bridgehead atoms. The highest BCUT2D eigenvalue weighted by molar-refractivity contribution is 9.10. The van der Waals surface area contributed by atoms with Crippen molar-refractivity contribution in [3.8, 4) is 11.4 Å². The molecular formula is C21H16BrClN4O. The zero-order valence-electron chi connectivity index (χ0n) is 14.8. The molecule has 0 saturated carbocycles. The maximum absolute atomic E-state index is 12.8. The van der Waals surface area contributed by atoms with Crippen LogP contribution in [0.3, 0.4) is 0 Å². The summed E-state index contributed by atoms with van der Waals surface area (Å²) in [5.74, 6) is 1.35. The molecule has 1 aromatic heterocycles. The Hall–Kier alpha value is -2.44. The number of nitrogens with zero attached hydrogens (tertiary/aromatic N) is 3. The molecule has 2 heterocycles. The first-order valence-corrected chi connectivity index (χ1v) is 10.3. The first-order valence-electron chi connectivity index (χ1n) is 9.12. The Bertz CT molecular complexity index is 1120. The molecular weight excluding hydrogens is 440 g/mol. The maximum Gasteiger partial charge on any atom is 0.226 e. The molecule has 28 heavy (non-hydrogen) atoms. The van der Waals surface area contributed by atoms with Crippen LogP contribution in [0.1, 0.15) is 30.9 Å². The Kier molecular flexibility index (Phi) is 4.33. The molecule has 0 amide bonds. The van der Waals surface area contributed by atoms with Gasteiger partial charge in [0.05, 0.1) is 5.02 Å². The lowest BCUT2D eigenvalue weighted by molar-refractivity contribution is -0.116. The van der Waals surface area contributed by atoms with E-state index in [9.17, 15) is 4.79 Å². The number of fused-ring (bicyclic) bond motifs is 1. The Morgan fingerprint density at radius 2 is 1.89 bits per heavy atom. The van der Waals surface area contributed by atoms with Crippen molar-refractivity contribution in [2.24, 2.45) is 0 Å². The number of halogens is 2. The van der Waals surface area contributed by atoms with Crippen molar-refractivity contribution >= 4 is 39.3 Å². The number of benzene rings is 2. The van der Waals surface area contributed by atoms with Crippen molar-refractivity contribution < 1.29 is 4.79 Å². The van der Waals surface area contributed by atoms with E-state index in [0.717, 1.165) is 39.7 Å². The number of Topliss-reactive ketones (excluding diaryl/α,β-unsaturated/α-hetero) is 1. The molecule has 7 heteroatoms. The zero-order chi connectivity index (χ0) is 19.3. The van der Waals surface area contributed by atoms with E-state index in [1.165, 1.54) is 0 Å². The van der Waals surface area contributed by atoms with E-state index in [-0.39, 0.29) is 11.8 Å². The second kappa shape index (κ2) is 6.87. The summed E-state index contributed by atoms with van der Waals surface area (Å²) in [4.78, 5) is 17.5. The van der Waals surface area contributed by atoms with E-state index in [1.54, 1.807) is 0 Å². The van der Waals surface area contributed by atoms with Crippen LogP contribution in [0.5, 0.6) is 0 Å². The fourth-order valence-electron chi connectivity index (χ4n) is 3.87. The zero-order valence-corrected chi connectivity index (χ0v) is 17.2. The van der Waals surface area contributed by atoms with Gasteiger partial charge >= 0.3 is 0 Å². The van der Waals surface area contributed by atoms with Crippen LogP contribution in [0.25, 0.3) is 11.4 Å². The van der Waals surface area contributed by atoms with Gasteiger partial charge in [-0.25, -0.2) is 4.68 Å². The predicted molar refractivity (Wildman–Crippen MR) is 112 cm³/mol. The van der Waals surface area contributed by atoms with Crippen LogP contribution >= 0.6 is 27.5 Å². The van der Waals surface area contributed by atoms with Gasteiger partial charge < -0.3 is 5.32 Å². The molecule has 2 aromatic carbocycles. The number of hydrogen-bond donors (Lipinski definition) is 1. The highest BCUT2D eigenvalue weighted by atomic mass is 79.9. The number of carbonyl (C=O) groups excluding carboxylic acids is 1. The van der Waals surface area contributed by atoms with Gasteiger partial charge in [-0.05, 0) is 42.7 Å². The number of nitrogens with one attached hydrogen (secondary N) is 1. The summed E-state index contributed by atoms with van der Waals surface area (Å²) < 4.78 is 2.80. The average molecular weight is 456 g/mol. The minimum Gasteiger partial charge on any atom is -0.328 e. The molecule has 0 spiro atoms. The van der Waals surface area contributed by atoms with Crippen LogP contribution in [0.2, 0.25) is 5.02 Å². The minimum atomic E-state index is -0.295. The summed E-state index contributed by atoms with van der Waals surface area (Å²) in [6, 6.07) is 15.2. The average Bonchev–Trinajstić information content (AvgIpc) is 3.11. The van der Waals surface area contributed by atoms with Crippen molar-refractivity contribution in [3.63, 3.8) is 0 Å². The van der Waals surface area contributed by atoms with Gasteiger partial charge in [-0.15, -0.1) is 5.10 Å². The first-order chi connectivity index (χ1) is 13.6. The Balaban J connectivity index is 1.69. The third kappa shape index (κ3) is 2.88. The molecule has 5 rings (SSSR count). The summed E-state index contributed by atoms with van der Waals surface area (Å²) in [5.41, 5.74) is 3.52. The Morgan fingerprint density at radius 3 is 2.68 bits per heavy atom. The smallest absolute Gasteiger partial charge is 0.226 e. The third-order valence-electron chi connectivity index (χ3n) is 5.17. The molecule has 1 aliphatic carbocycles. The number of anilines is 1. The molecule has 5 nitrogen and oxygen atoms in total. The van der Waals surface area contributed by atoms with Gasteiger partial charge in [-0.2, -0.15) is 4.98 Å². The first kappa shape index (κ1) is 17.6. The van der Waals surface area contributed by atoms with Crippen molar-refractivity contribution in [2.75, 3.05) is 5.32 Å². The van der Waals surface area contributed by atoms with Crippen molar-refractivity contribution in [1.82, 2.24) is 14.8 Å². The van der Waals surface area contributed by atoms with Gasteiger partial charge in [0, 0.05) is 27.7 Å². The topological polar surface area (TPSA) is 59.8 Å². The molecule has 0 radical (unpaired) electrons. The second-order valence-corrected chi connectivity index (χ2v) is 8.25. The fourth-order valence-corrected chi connectivity index (χ4v) is 4.35. The molecule has 0 fully saturated rings. The summed E-state index contributed by atoms with van der Waals surface area (Å²) in [6.07, 6.45) is 2.25. The van der Waals surface area contributed by atoms with Gasteiger partial charge in [0.25, 0.3) is 0 Å². The Labute approximate surface area is 175 Å². The van der Waals surface area contributed by atoms with Crippen LogP contribution in [0, 0.1) is 0 Å². The van der Waals surface area contributed by atoms with E-state index in [2.05, 4.69) is 21.2 Å². The fraction of sp³-hybridized carbons (Fsp3) is 0.190. The van der Waals surface area contributed by atoms with Crippen LogP contribution in [0.15, 0.2) is 64.3 Å². The van der Waals surface area contributed by atoms with E-state index in [0.29, 0.717) is 23.2 Å². The number of carbonyl (C=O) groups is 1. The molecule has 3 aromatic rings. The lowest BCUT2D eigenvalue weighted by Gasteiger charge is -2.32. The number of allylic oxidation sites excluding steroid dienone is 2. The predicted octanol–water partition coefficient (Wildman–Crippen LogP) is 5.38. The highest BCUT2D eigenvalue weighted by Crippen LogP contribution is 2.41. The Morgan fingerprint density at radius 1 is 1.11 bits per heavy atom. The molecule has 0 saturated heterocycles. The van der Waals surface area contributed by atoms with Gasteiger partial charge in [-0.1, -0.05) is 51.8 Å². The van der Waals surface area contributed by atoms with E-state index < -0.39 is 0 Å². The summed E-state index contributed by atoms with van der Waals surface area (Å²) in [7, 11) is 0. The monoisotopic (exact) mass is 454 g/mol. The third-order valence-corrected chi connectivity index (χ3v) is 6.03. The van der Waals surface area contributed by atoms with Crippen LogP contribution in [-0.2, 0) is 4.79 Å². The minimum absolute atomic E-state index is 0.169. The van der Waals surface area contributed by atoms with Crippen molar-refractivity contribution in [3.05, 3.63) is 74.9 Å².